The third-order valence-electron chi connectivity index (χ3n) is 13.9. The number of allylic oxidation sites excluding steroid dienone is 3. The van der Waals surface area contributed by atoms with Crippen molar-refractivity contribution in [1.82, 2.24) is 0 Å². The van der Waals surface area contributed by atoms with Crippen LogP contribution >= 0.6 is 0 Å². The molecule has 0 atom stereocenters. The molecule has 12 rings (SSSR count). The summed E-state index contributed by atoms with van der Waals surface area (Å²) in [6, 6.07) is 62.4. The van der Waals surface area contributed by atoms with Gasteiger partial charge >= 0.3 is 0 Å². The van der Waals surface area contributed by atoms with Gasteiger partial charge in [-0.05, 0) is 174 Å². The maximum Gasteiger partial charge on any atom is 0.151 e. The summed E-state index contributed by atoms with van der Waals surface area (Å²) >= 11 is 0. The lowest BCUT2D eigenvalue weighted by molar-refractivity contribution is 0.428. The molecule has 4 nitrogen and oxygen atoms in total. The molecule has 10 aromatic carbocycles. The molecule has 0 aromatic heterocycles. The molecule has 0 saturated carbocycles. The second kappa shape index (κ2) is 17.2. The fourth-order valence-electron chi connectivity index (χ4n) is 10.8. The lowest BCUT2D eigenvalue weighted by atomic mass is 9.79. The Morgan fingerprint density at radius 2 is 0.971 bits per heavy atom. The van der Waals surface area contributed by atoms with E-state index < -0.39 is 0 Å². The van der Waals surface area contributed by atoms with Crippen molar-refractivity contribution in [3.8, 4) is 39.5 Å². The van der Waals surface area contributed by atoms with Crippen LogP contribution in [0.2, 0.25) is 0 Å². The molecule has 2 aliphatic rings. The Kier molecular flexibility index (Phi) is 10.4. The van der Waals surface area contributed by atoms with E-state index in [9.17, 15) is 0 Å². The largest absolute Gasteiger partial charge is 0.453 e. The van der Waals surface area contributed by atoms with Crippen molar-refractivity contribution < 1.29 is 9.47 Å². The molecule has 2 heterocycles. The Morgan fingerprint density at radius 3 is 1.64 bits per heavy atom. The SMILES string of the molecule is C=Cc1c(-c2c(C=C)c(/C=C/N3C(C)=C(/C=C\C)Oc4ccccc43)c(-c3cc4ccccc4c4ccccc34)c3ccc(N4c5ccccc5Oc5ccccc54)cc23)cc2ccccc2c1C=C. The van der Waals surface area contributed by atoms with Gasteiger partial charge in [-0.2, -0.15) is 0 Å². The first-order valence-electron chi connectivity index (χ1n) is 23.7. The van der Waals surface area contributed by atoms with Crippen molar-refractivity contribution in [3.63, 3.8) is 0 Å². The predicted molar refractivity (Wildman–Crippen MR) is 298 cm³/mol. The van der Waals surface area contributed by atoms with E-state index in [2.05, 4.69) is 188 Å². The Hall–Kier alpha value is -9.12. The molecule has 70 heavy (non-hydrogen) atoms. The summed E-state index contributed by atoms with van der Waals surface area (Å²) in [5.74, 6) is 3.17. The van der Waals surface area contributed by atoms with Gasteiger partial charge in [-0.15, -0.1) is 0 Å². The number of rotatable bonds is 9. The van der Waals surface area contributed by atoms with Crippen LogP contribution < -0.4 is 19.3 Å². The molecule has 0 fully saturated rings. The van der Waals surface area contributed by atoms with Crippen LogP contribution in [0, 0.1) is 0 Å². The highest BCUT2D eigenvalue weighted by Gasteiger charge is 2.29. The molecule has 0 aliphatic carbocycles. The lowest BCUT2D eigenvalue weighted by Crippen LogP contribution is -2.21. The van der Waals surface area contributed by atoms with Crippen molar-refractivity contribution in [2.75, 3.05) is 9.80 Å². The smallest absolute Gasteiger partial charge is 0.151 e. The molecule has 334 valence electrons. The van der Waals surface area contributed by atoms with Crippen LogP contribution in [0.1, 0.15) is 36.1 Å². The molecule has 0 amide bonds. The van der Waals surface area contributed by atoms with Crippen molar-refractivity contribution >= 4 is 90.1 Å². The van der Waals surface area contributed by atoms with Crippen molar-refractivity contribution in [2.24, 2.45) is 0 Å². The molecule has 0 N–H and O–H groups in total. The van der Waals surface area contributed by atoms with E-state index in [1.54, 1.807) is 0 Å². The van der Waals surface area contributed by atoms with Crippen molar-refractivity contribution in [3.05, 3.63) is 248 Å². The van der Waals surface area contributed by atoms with E-state index in [4.69, 9.17) is 9.47 Å². The summed E-state index contributed by atoms with van der Waals surface area (Å²) in [7, 11) is 0. The maximum absolute atomic E-state index is 6.54. The second-order valence-electron chi connectivity index (χ2n) is 17.7. The van der Waals surface area contributed by atoms with Crippen LogP contribution in [0.15, 0.2) is 225 Å². The Bertz CT molecular complexity index is 3900. The van der Waals surface area contributed by atoms with Crippen LogP contribution in [0.4, 0.5) is 22.7 Å². The van der Waals surface area contributed by atoms with E-state index in [0.29, 0.717) is 0 Å². The van der Waals surface area contributed by atoms with Gasteiger partial charge in [0.1, 0.15) is 5.76 Å². The minimum Gasteiger partial charge on any atom is -0.453 e. The first-order chi connectivity index (χ1) is 34.5. The number of para-hydroxylation sites is 6. The fourth-order valence-corrected chi connectivity index (χ4v) is 10.8. The highest BCUT2D eigenvalue weighted by Crippen LogP contribution is 2.54. The minimum absolute atomic E-state index is 0.789. The number of ether oxygens (including phenoxy) is 2. The highest BCUT2D eigenvalue weighted by atomic mass is 16.5. The zero-order chi connectivity index (χ0) is 47.5. The van der Waals surface area contributed by atoms with Gasteiger partial charge in [-0.3, -0.25) is 0 Å². The van der Waals surface area contributed by atoms with Crippen LogP contribution in [0.5, 0.6) is 17.2 Å². The standard InChI is InChI=1S/C66H48N2O2/c1-6-22-61-42(5)67(58-29-16-19-32-62(58)69-61)38-37-54-48(9-4)65(55-39-43-23-10-12-25-49(43)46(7-2)47(55)8-3)57-41-45(68-59-30-17-20-33-63(59)70-64-34-21-18-31-60(64)68)35-36-53(57)66(54)56-40-44-24-11-13-26-50(44)51-27-14-15-28-52(51)56/h6-41H,2-4H2,1,5H3/b22-6-,38-37+. The number of nitrogens with zero attached hydrogens (tertiary/aromatic N) is 2. The number of benzene rings is 10. The molecular weight excluding hydrogens is 853 g/mol. The minimum atomic E-state index is 0.789. The molecule has 0 unspecified atom stereocenters. The van der Waals surface area contributed by atoms with Crippen molar-refractivity contribution in [2.45, 2.75) is 13.8 Å². The van der Waals surface area contributed by atoms with Crippen LogP contribution in [-0.2, 0) is 0 Å². The van der Waals surface area contributed by atoms with Crippen molar-refractivity contribution in [1.29, 1.82) is 0 Å². The lowest BCUT2D eigenvalue weighted by Gasteiger charge is -2.33. The molecule has 0 saturated heterocycles. The first-order valence-corrected chi connectivity index (χ1v) is 23.7. The van der Waals surface area contributed by atoms with E-state index in [-0.39, 0.29) is 0 Å². The quantitative estimate of drug-likeness (QED) is 0.135. The summed E-state index contributed by atoms with van der Waals surface area (Å²) in [4.78, 5) is 4.56. The number of hydrogen-bond donors (Lipinski definition) is 0. The van der Waals surface area contributed by atoms with Gasteiger partial charge in [0.05, 0.1) is 22.8 Å². The number of hydrogen-bond acceptors (Lipinski definition) is 4. The van der Waals surface area contributed by atoms with Gasteiger partial charge in [0.25, 0.3) is 0 Å². The van der Waals surface area contributed by atoms with Gasteiger partial charge in [-0.1, -0.05) is 159 Å². The third kappa shape index (κ3) is 6.68. The molecule has 0 bridgehead atoms. The summed E-state index contributed by atoms with van der Waals surface area (Å²) < 4.78 is 13.0. The van der Waals surface area contributed by atoms with E-state index in [1.165, 1.54) is 10.8 Å². The van der Waals surface area contributed by atoms with E-state index in [0.717, 1.165) is 128 Å². The van der Waals surface area contributed by atoms with Gasteiger partial charge in [0, 0.05) is 11.9 Å². The average molecular weight is 901 g/mol. The Balaban J connectivity index is 1.26. The maximum atomic E-state index is 6.54. The zero-order valence-electron chi connectivity index (χ0n) is 39.1. The Morgan fingerprint density at radius 1 is 0.429 bits per heavy atom. The number of fused-ring (bicyclic) bond motifs is 8. The highest BCUT2D eigenvalue weighted by molar-refractivity contribution is 6.21. The average Bonchev–Trinajstić information content (AvgIpc) is 3.41. The topological polar surface area (TPSA) is 24.9 Å². The van der Waals surface area contributed by atoms with Crippen LogP contribution in [-0.4, -0.2) is 0 Å². The normalized spacial score (nSPS) is 13.2. The molecule has 10 aromatic rings. The van der Waals surface area contributed by atoms with Gasteiger partial charge in [0.15, 0.2) is 17.2 Å². The monoisotopic (exact) mass is 900 g/mol. The number of anilines is 4. The first kappa shape index (κ1) is 42.2. The van der Waals surface area contributed by atoms with Crippen LogP contribution in [0.3, 0.4) is 0 Å². The van der Waals surface area contributed by atoms with E-state index in [1.807, 2.05) is 73.7 Å². The van der Waals surface area contributed by atoms with Gasteiger partial charge in [0.2, 0.25) is 0 Å². The summed E-state index contributed by atoms with van der Waals surface area (Å²) in [6.07, 6.45) is 14.5. The molecular formula is C66H48N2O2. The summed E-state index contributed by atoms with van der Waals surface area (Å²) in [5, 5.41) is 9.11. The molecule has 0 radical (unpaired) electrons. The van der Waals surface area contributed by atoms with Gasteiger partial charge in [-0.25, -0.2) is 0 Å². The summed E-state index contributed by atoms with van der Waals surface area (Å²) in [5.41, 5.74) is 13.2. The fraction of sp³-hybridized carbons (Fsp3) is 0.0303. The zero-order valence-corrected chi connectivity index (χ0v) is 39.1. The molecule has 2 aliphatic heterocycles. The Labute approximate surface area is 408 Å². The predicted octanol–water partition coefficient (Wildman–Crippen LogP) is 18.8. The summed E-state index contributed by atoms with van der Waals surface area (Å²) in [6.45, 7) is 17.7. The molecule has 0 spiro atoms. The van der Waals surface area contributed by atoms with E-state index >= 15 is 0 Å². The van der Waals surface area contributed by atoms with Gasteiger partial charge < -0.3 is 19.3 Å². The van der Waals surface area contributed by atoms with Crippen LogP contribution in [0.25, 0.3) is 89.6 Å². The third-order valence-corrected chi connectivity index (χ3v) is 13.9. The molecule has 4 heteroatoms. The second-order valence-corrected chi connectivity index (χ2v) is 17.7.